The Morgan fingerprint density at radius 1 is 0.927 bits per heavy atom. The molecule has 0 aliphatic carbocycles. The highest BCUT2D eigenvalue weighted by Gasteiger charge is 2.57. The van der Waals surface area contributed by atoms with E-state index in [-0.39, 0.29) is 36.9 Å². The monoisotopic (exact) mass is 588 g/mol. The fraction of sp³-hybridized carbons (Fsp3) is 0.467. The summed E-state index contributed by atoms with van der Waals surface area (Å²) >= 11 is 1.41. The third-order valence-electron chi connectivity index (χ3n) is 6.66. The number of fused-ring (bicyclic) bond motifs is 1. The van der Waals surface area contributed by atoms with Crippen LogP contribution in [-0.2, 0) is 25.6 Å². The third kappa shape index (κ3) is 7.32. The molecule has 0 saturated carbocycles. The molecular weight excluding hydrogens is 550 g/mol. The predicted octanol–water partition coefficient (Wildman–Crippen LogP) is 3.70. The summed E-state index contributed by atoms with van der Waals surface area (Å²) in [4.78, 5) is 58.4. The number of amides is 3. The Hall–Kier alpha value is -3.31. The number of carbonyl (C=O) groups is 4. The summed E-state index contributed by atoms with van der Waals surface area (Å²) in [5, 5.41) is 2.59. The van der Waals surface area contributed by atoms with E-state index in [1.54, 1.807) is 24.3 Å². The minimum Gasteiger partial charge on any atom is -0.346 e. The van der Waals surface area contributed by atoms with Crippen molar-refractivity contribution in [3.63, 3.8) is 0 Å². The molecule has 3 amide bonds. The van der Waals surface area contributed by atoms with Gasteiger partial charge in [0, 0.05) is 19.2 Å². The Morgan fingerprint density at radius 2 is 1.41 bits per heavy atom. The van der Waals surface area contributed by atoms with Crippen molar-refractivity contribution in [2.24, 2.45) is 17.6 Å². The lowest BCUT2D eigenvalue weighted by atomic mass is 9.85. The summed E-state index contributed by atoms with van der Waals surface area (Å²) < 4.78 is 27.4. The second-order valence-corrected chi connectivity index (χ2v) is 12.1. The second kappa shape index (κ2) is 13.6. The molecule has 0 aromatic heterocycles. The highest BCUT2D eigenvalue weighted by Crippen LogP contribution is 2.37. The summed E-state index contributed by atoms with van der Waals surface area (Å²) in [5.74, 6) is -4.67. The van der Waals surface area contributed by atoms with Crippen LogP contribution < -0.4 is 20.9 Å². The van der Waals surface area contributed by atoms with Gasteiger partial charge in [0.05, 0.1) is 23.8 Å². The number of benzene rings is 2. The zero-order valence-corrected chi connectivity index (χ0v) is 24.9. The van der Waals surface area contributed by atoms with Gasteiger partial charge in [-0.05, 0) is 60.1 Å². The van der Waals surface area contributed by atoms with Crippen LogP contribution in [0.15, 0.2) is 42.5 Å². The minimum absolute atomic E-state index is 0.0169. The van der Waals surface area contributed by atoms with Gasteiger partial charge in [0.1, 0.15) is 11.6 Å². The molecule has 1 aliphatic rings. The molecule has 3 rings (SSSR count). The molecule has 0 bridgehead atoms. The van der Waals surface area contributed by atoms with E-state index in [1.165, 1.54) is 21.6 Å². The van der Waals surface area contributed by atoms with Crippen molar-refractivity contribution in [1.29, 1.82) is 0 Å². The molecule has 2 aromatic rings. The molecule has 222 valence electrons. The van der Waals surface area contributed by atoms with Gasteiger partial charge in [-0.3, -0.25) is 19.2 Å². The molecule has 1 aliphatic heterocycles. The largest absolute Gasteiger partial charge is 0.346 e. The second-order valence-electron chi connectivity index (χ2n) is 11.1. The van der Waals surface area contributed by atoms with Crippen LogP contribution in [0.25, 0.3) is 0 Å². The lowest BCUT2D eigenvalue weighted by Gasteiger charge is -2.34. The SMILES string of the molecule is CSCC[C@H](NC(=O)Cc1cc(F)cc(F)c1)C(=O)C1(N)C(=O)N(CC(C)C)c2ccccc2N(CC(C)C)C1=O. The van der Waals surface area contributed by atoms with Crippen LogP contribution in [-0.4, -0.2) is 60.2 Å². The summed E-state index contributed by atoms with van der Waals surface area (Å²) in [7, 11) is 0. The van der Waals surface area contributed by atoms with Gasteiger partial charge in [-0.25, -0.2) is 8.78 Å². The van der Waals surface area contributed by atoms with Crippen LogP contribution >= 0.6 is 11.8 Å². The van der Waals surface area contributed by atoms with Crippen molar-refractivity contribution >= 4 is 46.6 Å². The van der Waals surface area contributed by atoms with E-state index in [1.807, 2.05) is 34.0 Å². The Morgan fingerprint density at radius 3 is 1.85 bits per heavy atom. The predicted molar refractivity (Wildman–Crippen MR) is 158 cm³/mol. The van der Waals surface area contributed by atoms with Crippen molar-refractivity contribution < 1.29 is 28.0 Å². The van der Waals surface area contributed by atoms with Crippen molar-refractivity contribution in [2.45, 2.75) is 52.1 Å². The number of nitrogens with two attached hydrogens (primary N) is 1. The van der Waals surface area contributed by atoms with Crippen LogP contribution in [0, 0.1) is 23.5 Å². The van der Waals surface area contributed by atoms with E-state index in [0.717, 1.165) is 12.1 Å². The lowest BCUT2D eigenvalue weighted by molar-refractivity contribution is -0.144. The molecule has 41 heavy (non-hydrogen) atoms. The maximum atomic E-state index is 14.2. The van der Waals surface area contributed by atoms with Crippen molar-refractivity contribution in [1.82, 2.24) is 5.32 Å². The zero-order chi connectivity index (χ0) is 30.5. The molecule has 3 N–H and O–H groups in total. The smallest absolute Gasteiger partial charge is 0.264 e. The first kappa shape index (κ1) is 32.2. The number of nitrogens with zero attached hydrogens (tertiary/aromatic N) is 2. The van der Waals surface area contributed by atoms with Gasteiger partial charge in [0.25, 0.3) is 11.8 Å². The number of hydrogen-bond donors (Lipinski definition) is 2. The highest BCUT2D eigenvalue weighted by molar-refractivity contribution is 7.98. The third-order valence-corrected chi connectivity index (χ3v) is 7.31. The van der Waals surface area contributed by atoms with Crippen LogP contribution in [0.2, 0.25) is 0 Å². The molecule has 0 saturated heterocycles. The normalized spacial score (nSPS) is 15.7. The van der Waals surface area contributed by atoms with E-state index in [9.17, 15) is 28.0 Å². The number of ketones is 1. The number of anilines is 2. The summed E-state index contributed by atoms with van der Waals surface area (Å²) in [6, 6.07) is 8.38. The lowest BCUT2D eigenvalue weighted by Crippen LogP contribution is -2.71. The van der Waals surface area contributed by atoms with Gasteiger partial charge in [-0.2, -0.15) is 11.8 Å². The van der Waals surface area contributed by atoms with E-state index < -0.39 is 53.1 Å². The quantitative estimate of drug-likeness (QED) is 0.366. The number of rotatable bonds is 12. The minimum atomic E-state index is -2.62. The number of carbonyl (C=O) groups excluding carboxylic acids is 4. The van der Waals surface area contributed by atoms with E-state index in [0.29, 0.717) is 23.2 Å². The van der Waals surface area contributed by atoms with Gasteiger partial charge in [0.15, 0.2) is 5.78 Å². The van der Waals surface area contributed by atoms with Crippen LogP contribution in [0.1, 0.15) is 39.7 Å². The molecular formula is C30H38F2N4O4S. The molecule has 0 fully saturated rings. The number of para-hydroxylation sites is 2. The van der Waals surface area contributed by atoms with E-state index in [2.05, 4.69) is 5.32 Å². The first-order chi connectivity index (χ1) is 19.3. The van der Waals surface area contributed by atoms with Crippen molar-refractivity contribution in [2.75, 3.05) is 34.9 Å². The van der Waals surface area contributed by atoms with Crippen LogP contribution in [0.3, 0.4) is 0 Å². The molecule has 0 unspecified atom stereocenters. The van der Waals surface area contributed by atoms with Crippen LogP contribution in [0.5, 0.6) is 0 Å². The van der Waals surface area contributed by atoms with Gasteiger partial charge >= 0.3 is 0 Å². The maximum Gasteiger partial charge on any atom is 0.264 e. The average Bonchev–Trinajstić information content (AvgIpc) is 2.95. The Labute approximate surface area is 244 Å². The molecule has 0 spiro atoms. The fourth-order valence-corrected chi connectivity index (χ4v) is 5.35. The van der Waals surface area contributed by atoms with Gasteiger partial charge in [0.2, 0.25) is 11.4 Å². The Bertz CT molecular complexity index is 1230. The number of nitrogens with one attached hydrogen (secondary N) is 1. The Kier molecular flexibility index (Phi) is 10.7. The average molecular weight is 589 g/mol. The number of Topliss-reactive ketones (excluding diaryl/α,β-unsaturated/α-hetero) is 1. The number of hydrogen-bond acceptors (Lipinski definition) is 6. The van der Waals surface area contributed by atoms with Crippen molar-refractivity contribution in [3.05, 3.63) is 59.7 Å². The van der Waals surface area contributed by atoms with Gasteiger partial charge in [-0.15, -0.1) is 0 Å². The molecule has 11 heteroatoms. The summed E-state index contributed by atoms with van der Waals surface area (Å²) in [6.07, 6.45) is 1.48. The Balaban J connectivity index is 2.06. The van der Waals surface area contributed by atoms with Gasteiger partial charge < -0.3 is 20.9 Å². The van der Waals surface area contributed by atoms with E-state index >= 15 is 0 Å². The standard InChI is InChI=1S/C30H38F2N4O4S/c1-18(2)16-35-24-8-6-7-9-25(24)36(17-19(3)4)29(40)30(33,28(35)39)27(38)23(10-11-41-5)34-26(37)14-20-12-21(31)15-22(32)13-20/h6-9,12-13,15,18-19,23H,10-11,14,16-17,33H2,1-5H3,(H,34,37)/t23-/m0/s1. The summed E-state index contributed by atoms with van der Waals surface area (Å²) in [6.45, 7) is 8.04. The fourth-order valence-electron chi connectivity index (χ4n) is 4.88. The number of halogens is 2. The van der Waals surface area contributed by atoms with Crippen molar-refractivity contribution in [3.8, 4) is 0 Å². The highest BCUT2D eigenvalue weighted by atomic mass is 32.2. The summed E-state index contributed by atoms with van der Waals surface area (Å²) in [5.41, 5.74) is 5.04. The molecule has 8 nitrogen and oxygen atoms in total. The van der Waals surface area contributed by atoms with Crippen LogP contribution in [0.4, 0.5) is 20.2 Å². The van der Waals surface area contributed by atoms with E-state index in [4.69, 9.17) is 5.73 Å². The molecule has 1 heterocycles. The molecule has 0 radical (unpaired) electrons. The maximum absolute atomic E-state index is 14.2. The van der Waals surface area contributed by atoms with Gasteiger partial charge in [-0.1, -0.05) is 39.8 Å². The first-order valence-electron chi connectivity index (χ1n) is 13.6. The number of thioether (sulfide) groups is 1. The topological polar surface area (TPSA) is 113 Å². The first-order valence-corrected chi connectivity index (χ1v) is 15.0. The molecule has 2 aromatic carbocycles. The zero-order valence-electron chi connectivity index (χ0n) is 24.1. The molecule has 1 atom stereocenters.